The number of likely N-dealkylation sites (tertiary alicyclic amines) is 1. The number of nitriles is 1. The minimum absolute atomic E-state index is 0.478. The van der Waals surface area contributed by atoms with E-state index in [1.54, 1.807) is 6.20 Å². The molecule has 4 nitrogen and oxygen atoms in total. The van der Waals surface area contributed by atoms with Gasteiger partial charge in [-0.2, -0.15) is 5.26 Å². The lowest BCUT2D eigenvalue weighted by molar-refractivity contribution is 0.316. The molecule has 2 heterocycles. The molecule has 0 spiro atoms. The summed E-state index contributed by atoms with van der Waals surface area (Å²) in [6, 6.07) is 6.69. The van der Waals surface area contributed by atoms with Crippen LogP contribution in [0.25, 0.3) is 0 Å². The van der Waals surface area contributed by atoms with Gasteiger partial charge in [-0.3, -0.25) is 0 Å². The predicted molar refractivity (Wildman–Crippen MR) is 70.1 cm³/mol. The number of anilines is 1. The zero-order valence-electron chi connectivity index (χ0n) is 10.5. The molecule has 1 aliphatic carbocycles. The van der Waals surface area contributed by atoms with E-state index in [0.29, 0.717) is 5.69 Å². The first kappa shape index (κ1) is 11.5. The molecule has 1 saturated carbocycles. The third-order valence-electron chi connectivity index (χ3n) is 3.85. The van der Waals surface area contributed by atoms with Crippen LogP contribution in [0.3, 0.4) is 0 Å². The Balaban J connectivity index is 1.50. The first-order chi connectivity index (χ1) is 8.85. The van der Waals surface area contributed by atoms with Crippen LogP contribution in [0.4, 0.5) is 5.69 Å². The van der Waals surface area contributed by atoms with E-state index in [1.165, 1.54) is 32.4 Å². The Morgan fingerprint density at radius 1 is 1.44 bits per heavy atom. The number of nitrogens with zero attached hydrogens (tertiary/aromatic N) is 3. The Kier molecular flexibility index (Phi) is 3.16. The minimum Gasteiger partial charge on any atom is -0.385 e. The summed E-state index contributed by atoms with van der Waals surface area (Å²) in [7, 11) is 0. The van der Waals surface area contributed by atoms with Crippen molar-refractivity contribution in [2.45, 2.75) is 25.3 Å². The Morgan fingerprint density at radius 3 is 3.11 bits per heavy atom. The van der Waals surface area contributed by atoms with Crippen molar-refractivity contribution in [3.63, 3.8) is 0 Å². The standard InChI is InChI=1S/C14H18N4/c15-8-13-7-12(3-5-16-13)17-9-11-4-6-18(10-11)14-1-2-14/h3,5,7,11,14H,1-2,4,6,9-10H2,(H,16,17). The molecule has 0 bridgehead atoms. The molecule has 1 aromatic heterocycles. The van der Waals surface area contributed by atoms with Gasteiger partial charge in [-0.1, -0.05) is 0 Å². The molecule has 18 heavy (non-hydrogen) atoms. The van der Waals surface area contributed by atoms with Gasteiger partial charge in [0.05, 0.1) is 0 Å². The van der Waals surface area contributed by atoms with Gasteiger partial charge in [0, 0.05) is 31.0 Å². The van der Waals surface area contributed by atoms with Crippen molar-refractivity contribution in [2.24, 2.45) is 5.92 Å². The smallest absolute Gasteiger partial charge is 0.142 e. The quantitative estimate of drug-likeness (QED) is 0.875. The third kappa shape index (κ3) is 2.62. The van der Waals surface area contributed by atoms with Gasteiger partial charge in [0.25, 0.3) is 0 Å². The second-order valence-corrected chi connectivity index (χ2v) is 5.30. The van der Waals surface area contributed by atoms with E-state index in [0.717, 1.165) is 24.2 Å². The summed E-state index contributed by atoms with van der Waals surface area (Å²) in [6.07, 6.45) is 5.78. The van der Waals surface area contributed by atoms with E-state index < -0.39 is 0 Å². The molecule has 0 amide bonds. The highest BCUT2D eigenvalue weighted by Crippen LogP contribution is 2.31. The van der Waals surface area contributed by atoms with E-state index >= 15 is 0 Å². The lowest BCUT2D eigenvalue weighted by atomic mass is 10.1. The van der Waals surface area contributed by atoms with Crippen LogP contribution in [-0.2, 0) is 0 Å². The Hall–Kier alpha value is -1.60. The fourth-order valence-electron chi connectivity index (χ4n) is 2.66. The van der Waals surface area contributed by atoms with Crippen molar-refractivity contribution >= 4 is 5.69 Å². The molecule has 4 heteroatoms. The predicted octanol–water partition coefficient (Wildman–Crippen LogP) is 1.85. The van der Waals surface area contributed by atoms with Crippen LogP contribution in [0, 0.1) is 17.2 Å². The lowest BCUT2D eigenvalue weighted by Crippen LogP contribution is -2.24. The van der Waals surface area contributed by atoms with Crippen LogP contribution < -0.4 is 5.32 Å². The van der Waals surface area contributed by atoms with E-state index in [-0.39, 0.29) is 0 Å². The topological polar surface area (TPSA) is 52.0 Å². The number of nitrogens with one attached hydrogen (secondary N) is 1. The number of aromatic nitrogens is 1. The molecule has 1 saturated heterocycles. The molecule has 0 aromatic carbocycles. The van der Waals surface area contributed by atoms with Gasteiger partial charge in [-0.05, 0) is 43.9 Å². The van der Waals surface area contributed by atoms with Crippen LogP contribution in [0.5, 0.6) is 0 Å². The second kappa shape index (κ2) is 4.95. The summed E-state index contributed by atoms with van der Waals surface area (Å²) < 4.78 is 0. The second-order valence-electron chi connectivity index (χ2n) is 5.30. The Bertz CT molecular complexity index is 461. The summed E-state index contributed by atoms with van der Waals surface area (Å²) in [5, 5.41) is 12.2. The number of hydrogen-bond donors (Lipinski definition) is 1. The van der Waals surface area contributed by atoms with E-state index in [4.69, 9.17) is 5.26 Å². The maximum atomic E-state index is 8.80. The summed E-state index contributed by atoms with van der Waals surface area (Å²) in [6.45, 7) is 3.49. The average Bonchev–Trinajstić information content (AvgIpc) is 3.16. The molecule has 2 fully saturated rings. The fraction of sp³-hybridized carbons (Fsp3) is 0.571. The first-order valence-electron chi connectivity index (χ1n) is 6.69. The summed E-state index contributed by atoms with van der Waals surface area (Å²) >= 11 is 0. The largest absolute Gasteiger partial charge is 0.385 e. The Morgan fingerprint density at radius 2 is 2.33 bits per heavy atom. The lowest BCUT2D eigenvalue weighted by Gasteiger charge is -2.15. The molecular weight excluding hydrogens is 224 g/mol. The van der Waals surface area contributed by atoms with Crippen molar-refractivity contribution in [3.05, 3.63) is 24.0 Å². The summed E-state index contributed by atoms with van der Waals surface area (Å²) in [5.74, 6) is 0.740. The highest BCUT2D eigenvalue weighted by atomic mass is 15.2. The van der Waals surface area contributed by atoms with Crippen molar-refractivity contribution < 1.29 is 0 Å². The normalized spacial score (nSPS) is 23.8. The highest BCUT2D eigenvalue weighted by molar-refractivity contribution is 5.45. The first-order valence-corrected chi connectivity index (χ1v) is 6.69. The van der Waals surface area contributed by atoms with Gasteiger partial charge in [-0.15, -0.1) is 0 Å². The van der Waals surface area contributed by atoms with Crippen molar-refractivity contribution in [1.82, 2.24) is 9.88 Å². The molecule has 2 aliphatic rings. The monoisotopic (exact) mass is 242 g/mol. The van der Waals surface area contributed by atoms with Crippen molar-refractivity contribution in [3.8, 4) is 6.07 Å². The van der Waals surface area contributed by atoms with Gasteiger partial charge < -0.3 is 10.2 Å². The molecule has 1 aliphatic heterocycles. The van der Waals surface area contributed by atoms with Gasteiger partial charge >= 0.3 is 0 Å². The Labute approximate surface area is 108 Å². The summed E-state index contributed by atoms with van der Waals surface area (Å²) in [5.41, 5.74) is 1.48. The van der Waals surface area contributed by atoms with E-state index in [1.807, 2.05) is 12.1 Å². The summed E-state index contributed by atoms with van der Waals surface area (Å²) in [4.78, 5) is 6.60. The number of rotatable bonds is 4. The zero-order chi connectivity index (χ0) is 12.4. The molecule has 1 unspecified atom stereocenters. The van der Waals surface area contributed by atoms with E-state index in [2.05, 4.69) is 21.3 Å². The van der Waals surface area contributed by atoms with Crippen LogP contribution in [0.1, 0.15) is 25.0 Å². The van der Waals surface area contributed by atoms with Gasteiger partial charge in [-0.25, -0.2) is 4.98 Å². The fourth-order valence-corrected chi connectivity index (χ4v) is 2.66. The average molecular weight is 242 g/mol. The van der Waals surface area contributed by atoms with E-state index in [9.17, 15) is 0 Å². The van der Waals surface area contributed by atoms with Crippen LogP contribution >= 0.6 is 0 Å². The molecule has 3 rings (SSSR count). The maximum Gasteiger partial charge on any atom is 0.142 e. The molecular formula is C14H18N4. The minimum atomic E-state index is 0.478. The molecule has 1 N–H and O–H groups in total. The van der Waals surface area contributed by atoms with Gasteiger partial charge in [0.15, 0.2) is 0 Å². The van der Waals surface area contributed by atoms with Gasteiger partial charge in [0.2, 0.25) is 0 Å². The molecule has 94 valence electrons. The zero-order valence-corrected chi connectivity index (χ0v) is 10.5. The molecule has 0 radical (unpaired) electrons. The van der Waals surface area contributed by atoms with Crippen LogP contribution in [-0.4, -0.2) is 35.6 Å². The van der Waals surface area contributed by atoms with Crippen molar-refractivity contribution in [1.29, 1.82) is 5.26 Å². The van der Waals surface area contributed by atoms with Crippen LogP contribution in [0.15, 0.2) is 18.3 Å². The molecule has 1 aromatic rings. The van der Waals surface area contributed by atoms with Crippen LogP contribution in [0.2, 0.25) is 0 Å². The third-order valence-corrected chi connectivity index (χ3v) is 3.85. The SMILES string of the molecule is N#Cc1cc(NCC2CCN(C3CC3)C2)ccn1. The molecule has 1 atom stereocenters. The number of hydrogen-bond acceptors (Lipinski definition) is 4. The van der Waals surface area contributed by atoms with Gasteiger partial charge in [0.1, 0.15) is 11.8 Å². The maximum absolute atomic E-state index is 8.80. The highest BCUT2D eigenvalue weighted by Gasteiger charge is 2.34. The van der Waals surface area contributed by atoms with Crippen molar-refractivity contribution in [2.75, 3.05) is 25.0 Å². The number of pyridine rings is 1.